The number of hydrogen-bond donors (Lipinski definition) is 0. The summed E-state index contributed by atoms with van der Waals surface area (Å²) in [5.74, 6) is 6.66. The highest BCUT2D eigenvalue weighted by atomic mass is 16.6. The van der Waals surface area contributed by atoms with Crippen LogP contribution in [-0.4, -0.2) is 36.9 Å². The van der Waals surface area contributed by atoms with Crippen molar-refractivity contribution in [2.24, 2.45) is 11.1 Å². The fraction of sp³-hybridized carbons (Fsp3) is 0.400. The Morgan fingerprint density at radius 3 is 2.94 bits per heavy atom. The second-order valence-corrected chi connectivity index (χ2v) is 4.74. The van der Waals surface area contributed by atoms with Crippen LogP contribution in [-0.2, 0) is 4.84 Å². The topological polar surface area (TPSA) is 24.8 Å². The number of hydrogen-bond acceptors (Lipinski definition) is 3. The lowest BCUT2D eigenvalue weighted by molar-refractivity contribution is 0.177. The number of nitrogens with zero attached hydrogens (tertiary/aromatic N) is 2. The van der Waals surface area contributed by atoms with Gasteiger partial charge in [-0.3, -0.25) is 4.90 Å². The minimum absolute atomic E-state index is 0.366. The highest BCUT2D eigenvalue weighted by molar-refractivity contribution is 5.91. The van der Waals surface area contributed by atoms with Crippen LogP contribution in [0.2, 0.25) is 0 Å². The Hall–Kier alpha value is -1.79. The molecule has 18 heavy (non-hydrogen) atoms. The predicted molar refractivity (Wildman–Crippen MR) is 71.3 cm³/mol. The quantitative estimate of drug-likeness (QED) is 0.447. The molecule has 0 radical (unpaired) electrons. The predicted octanol–water partition coefficient (Wildman–Crippen LogP) is 1.75. The lowest BCUT2D eigenvalue weighted by Gasteiger charge is -2.12. The molecule has 0 aromatic heterocycles. The van der Waals surface area contributed by atoms with Crippen LogP contribution in [0.4, 0.5) is 0 Å². The molecule has 1 aromatic rings. The molecule has 3 nitrogen and oxygen atoms in total. The summed E-state index contributed by atoms with van der Waals surface area (Å²) in [4.78, 5) is 7.70. The van der Waals surface area contributed by atoms with Crippen LogP contribution in [0.3, 0.4) is 0 Å². The van der Waals surface area contributed by atoms with Crippen molar-refractivity contribution in [3.8, 4) is 11.8 Å². The van der Waals surface area contributed by atoms with E-state index < -0.39 is 0 Å². The van der Waals surface area contributed by atoms with Crippen molar-refractivity contribution in [3.05, 3.63) is 35.9 Å². The van der Waals surface area contributed by atoms with Crippen LogP contribution >= 0.6 is 0 Å². The van der Waals surface area contributed by atoms with Gasteiger partial charge in [0, 0.05) is 24.6 Å². The zero-order valence-electron chi connectivity index (χ0n) is 10.3. The first kappa shape index (κ1) is 11.3. The van der Waals surface area contributed by atoms with Crippen LogP contribution in [0, 0.1) is 17.8 Å². The minimum Gasteiger partial charge on any atom is -0.383 e. The molecule has 2 saturated heterocycles. The standard InChI is InChI=1S/C15H16N2O/c1-2-5-13(6-3-1)7-4-10-18-16-15-12-17-9-8-14(15)11-17/h1-3,5-6,14H,8-12H2/b16-15-. The first-order valence-electron chi connectivity index (χ1n) is 6.37. The van der Waals surface area contributed by atoms with E-state index in [4.69, 9.17) is 4.84 Å². The Morgan fingerprint density at radius 2 is 2.22 bits per heavy atom. The Labute approximate surface area is 107 Å². The van der Waals surface area contributed by atoms with E-state index in [1.54, 1.807) is 0 Å². The van der Waals surface area contributed by atoms with Crippen molar-refractivity contribution < 1.29 is 4.84 Å². The van der Waals surface area contributed by atoms with E-state index in [0.29, 0.717) is 12.5 Å². The Kier molecular flexibility index (Phi) is 3.29. The van der Waals surface area contributed by atoms with Gasteiger partial charge in [-0.15, -0.1) is 0 Å². The summed E-state index contributed by atoms with van der Waals surface area (Å²) >= 11 is 0. The third kappa shape index (κ3) is 2.55. The van der Waals surface area contributed by atoms with Crippen LogP contribution in [0.25, 0.3) is 0 Å². The molecule has 2 bridgehead atoms. The Bertz CT molecular complexity index is 498. The Morgan fingerprint density at radius 1 is 1.33 bits per heavy atom. The number of benzene rings is 1. The molecule has 92 valence electrons. The fourth-order valence-corrected chi connectivity index (χ4v) is 2.52. The summed E-state index contributed by atoms with van der Waals surface area (Å²) in [5, 5.41) is 4.21. The number of fused-ring (bicyclic) bond motifs is 2. The fourth-order valence-electron chi connectivity index (χ4n) is 2.52. The Balaban J connectivity index is 1.49. The molecule has 1 aromatic carbocycles. The second kappa shape index (κ2) is 5.24. The highest BCUT2D eigenvalue weighted by Gasteiger charge is 2.35. The molecule has 0 spiro atoms. The van der Waals surface area contributed by atoms with E-state index in [1.165, 1.54) is 18.7 Å². The average Bonchev–Trinajstić information content (AvgIpc) is 3.02. The van der Waals surface area contributed by atoms with E-state index in [-0.39, 0.29) is 0 Å². The van der Waals surface area contributed by atoms with Crippen molar-refractivity contribution >= 4 is 5.71 Å². The number of oxime groups is 1. The maximum atomic E-state index is 5.28. The van der Waals surface area contributed by atoms with Gasteiger partial charge in [-0.25, -0.2) is 0 Å². The van der Waals surface area contributed by atoms with Gasteiger partial charge in [-0.2, -0.15) is 0 Å². The number of rotatable bonds is 2. The van der Waals surface area contributed by atoms with Gasteiger partial charge in [-0.05, 0) is 25.1 Å². The van der Waals surface area contributed by atoms with Gasteiger partial charge in [-0.1, -0.05) is 35.2 Å². The molecule has 2 unspecified atom stereocenters. The van der Waals surface area contributed by atoms with Crippen molar-refractivity contribution in [3.63, 3.8) is 0 Å². The maximum Gasteiger partial charge on any atom is 0.177 e. The molecule has 0 aliphatic carbocycles. The van der Waals surface area contributed by atoms with E-state index in [0.717, 1.165) is 18.7 Å². The molecule has 0 amide bonds. The average molecular weight is 240 g/mol. The second-order valence-electron chi connectivity index (χ2n) is 4.74. The SMILES string of the molecule is C(#Cc1ccccc1)CO/N=C1/CN2CCC1C2. The molecule has 0 N–H and O–H groups in total. The van der Waals surface area contributed by atoms with Crippen LogP contribution < -0.4 is 0 Å². The summed E-state index contributed by atoms with van der Waals surface area (Å²) in [7, 11) is 0. The zero-order chi connectivity index (χ0) is 12.2. The molecule has 2 atom stereocenters. The first-order valence-corrected chi connectivity index (χ1v) is 6.37. The molecule has 2 fully saturated rings. The smallest absolute Gasteiger partial charge is 0.177 e. The summed E-state index contributed by atoms with van der Waals surface area (Å²) in [6, 6.07) is 9.92. The van der Waals surface area contributed by atoms with Crippen molar-refractivity contribution in [1.29, 1.82) is 0 Å². The summed E-state index contributed by atoms with van der Waals surface area (Å²) in [6.45, 7) is 3.73. The molecule has 3 heteroatoms. The monoisotopic (exact) mass is 240 g/mol. The highest BCUT2D eigenvalue weighted by Crippen LogP contribution is 2.25. The van der Waals surface area contributed by atoms with Crippen LogP contribution in [0.15, 0.2) is 35.5 Å². The molecular formula is C15H16N2O. The lowest BCUT2D eigenvalue weighted by Crippen LogP contribution is -2.23. The van der Waals surface area contributed by atoms with Gasteiger partial charge < -0.3 is 4.84 Å². The number of piperidine rings is 1. The molecule has 2 heterocycles. The van der Waals surface area contributed by atoms with E-state index >= 15 is 0 Å². The van der Waals surface area contributed by atoms with Gasteiger partial charge in [0.05, 0.1) is 5.71 Å². The molecule has 2 aliphatic heterocycles. The normalized spacial score (nSPS) is 27.0. The lowest BCUT2D eigenvalue weighted by atomic mass is 10.0. The third-order valence-corrected chi connectivity index (χ3v) is 3.45. The summed E-state index contributed by atoms with van der Waals surface area (Å²) in [6.07, 6.45) is 1.23. The first-order chi connectivity index (χ1) is 8.92. The van der Waals surface area contributed by atoms with Gasteiger partial charge in [0.1, 0.15) is 0 Å². The largest absolute Gasteiger partial charge is 0.383 e. The van der Waals surface area contributed by atoms with Gasteiger partial charge >= 0.3 is 0 Å². The molecule has 0 saturated carbocycles. The van der Waals surface area contributed by atoms with E-state index in [2.05, 4.69) is 21.9 Å². The van der Waals surface area contributed by atoms with Crippen molar-refractivity contribution in [2.75, 3.05) is 26.2 Å². The van der Waals surface area contributed by atoms with Crippen molar-refractivity contribution in [2.45, 2.75) is 6.42 Å². The van der Waals surface area contributed by atoms with Gasteiger partial charge in [0.15, 0.2) is 6.61 Å². The summed E-state index contributed by atoms with van der Waals surface area (Å²) in [5.41, 5.74) is 2.21. The molecule has 3 rings (SSSR count). The molecular weight excluding hydrogens is 224 g/mol. The van der Waals surface area contributed by atoms with Crippen LogP contribution in [0.5, 0.6) is 0 Å². The minimum atomic E-state index is 0.366. The molecule has 2 aliphatic rings. The maximum absolute atomic E-state index is 5.28. The van der Waals surface area contributed by atoms with E-state index in [1.807, 2.05) is 30.3 Å². The van der Waals surface area contributed by atoms with Crippen LogP contribution in [0.1, 0.15) is 12.0 Å². The van der Waals surface area contributed by atoms with Crippen molar-refractivity contribution in [1.82, 2.24) is 4.90 Å². The zero-order valence-corrected chi connectivity index (χ0v) is 10.3. The third-order valence-electron chi connectivity index (χ3n) is 3.45. The van der Waals surface area contributed by atoms with E-state index in [9.17, 15) is 0 Å². The van der Waals surface area contributed by atoms with Gasteiger partial charge in [0.25, 0.3) is 0 Å². The summed E-state index contributed by atoms with van der Waals surface area (Å²) < 4.78 is 0. The van der Waals surface area contributed by atoms with Gasteiger partial charge in [0.2, 0.25) is 0 Å².